The van der Waals surface area contributed by atoms with Crippen molar-refractivity contribution in [1.29, 1.82) is 0 Å². The zero-order valence-electron chi connectivity index (χ0n) is 14.4. The van der Waals surface area contributed by atoms with Crippen LogP contribution >= 0.6 is 11.6 Å². The van der Waals surface area contributed by atoms with Crippen LogP contribution < -0.4 is 5.32 Å². The normalized spacial score (nSPS) is 15.6. The number of nitrogens with zero attached hydrogens (tertiary/aromatic N) is 1. The lowest BCUT2D eigenvalue weighted by molar-refractivity contribution is -0.121. The van der Waals surface area contributed by atoms with Crippen molar-refractivity contribution in [2.75, 3.05) is 26.7 Å². The van der Waals surface area contributed by atoms with Crippen LogP contribution in [0.25, 0.3) is 0 Å². The van der Waals surface area contributed by atoms with E-state index >= 15 is 0 Å². The van der Waals surface area contributed by atoms with Crippen molar-refractivity contribution in [2.45, 2.75) is 43.1 Å². The fourth-order valence-electron chi connectivity index (χ4n) is 2.73. The Balaban J connectivity index is 1.70. The molecule has 6 nitrogen and oxygen atoms in total. The molecule has 1 aliphatic rings. The average Bonchev–Trinajstić information content (AvgIpc) is 3.08. The van der Waals surface area contributed by atoms with Gasteiger partial charge in [0.05, 0.1) is 17.5 Å². The molecule has 8 heteroatoms. The Kier molecular flexibility index (Phi) is 7.68. The summed E-state index contributed by atoms with van der Waals surface area (Å²) >= 11 is 5.77. The number of ether oxygens (including phenoxy) is 1. The molecule has 0 aliphatic heterocycles. The standard InChI is InChI=1S/C17H25ClN2O4S/c1-20(25(22,23)16-9-7-14(18)8-10-16)13-17(21)19-11-4-12-24-15-5-2-3-6-15/h7-10,15H,2-6,11-13H2,1H3,(H,19,21). The number of hydrogen-bond acceptors (Lipinski definition) is 4. The van der Waals surface area contributed by atoms with Gasteiger partial charge in [0, 0.05) is 25.2 Å². The van der Waals surface area contributed by atoms with Crippen LogP contribution in [0.2, 0.25) is 5.02 Å². The van der Waals surface area contributed by atoms with Gasteiger partial charge < -0.3 is 10.1 Å². The van der Waals surface area contributed by atoms with E-state index in [-0.39, 0.29) is 17.3 Å². The number of rotatable bonds is 9. The van der Waals surface area contributed by atoms with Gasteiger partial charge in [-0.25, -0.2) is 8.42 Å². The summed E-state index contributed by atoms with van der Waals surface area (Å²) < 4.78 is 31.5. The van der Waals surface area contributed by atoms with E-state index in [0.717, 1.165) is 23.6 Å². The van der Waals surface area contributed by atoms with Crippen molar-refractivity contribution >= 4 is 27.5 Å². The number of hydrogen-bond donors (Lipinski definition) is 1. The zero-order valence-corrected chi connectivity index (χ0v) is 16.0. The molecule has 25 heavy (non-hydrogen) atoms. The van der Waals surface area contributed by atoms with Crippen molar-refractivity contribution < 1.29 is 17.9 Å². The van der Waals surface area contributed by atoms with E-state index < -0.39 is 10.0 Å². The Morgan fingerprint density at radius 1 is 1.28 bits per heavy atom. The quantitative estimate of drug-likeness (QED) is 0.659. The largest absolute Gasteiger partial charge is 0.378 e. The summed E-state index contributed by atoms with van der Waals surface area (Å²) in [5, 5.41) is 3.18. The van der Waals surface area contributed by atoms with Gasteiger partial charge in [-0.05, 0) is 43.5 Å². The highest BCUT2D eigenvalue weighted by Gasteiger charge is 2.22. The molecule has 1 N–H and O–H groups in total. The van der Waals surface area contributed by atoms with Crippen molar-refractivity contribution in [3.8, 4) is 0 Å². The summed E-state index contributed by atoms with van der Waals surface area (Å²) in [7, 11) is -2.33. The third-order valence-electron chi connectivity index (χ3n) is 4.19. The topological polar surface area (TPSA) is 75.7 Å². The first-order valence-electron chi connectivity index (χ1n) is 8.50. The second-order valence-electron chi connectivity index (χ2n) is 6.20. The van der Waals surface area contributed by atoms with Crippen molar-refractivity contribution in [3.63, 3.8) is 0 Å². The minimum absolute atomic E-state index is 0.108. The fraction of sp³-hybridized carbons (Fsp3) is 0.588. The molecule has 0 heterocycles. The Labute approximate surface area is 154 Å². The summed E-state index contributed by atoms with van der Waals surface area (Å²) in [6.45, 7) is 0.860. The molecule has 0 bridgehead atoms. The van der Waals surface area contributed by atoms with Gasteiger partial charge in [-0.15, -0.1) is 0 Å². The molecule has 1 aromatic carbocycles. The molecule has 1 amide bonds. The first-order chi connectivity index (χ1) is 11.9. The molecule has 1 saturated carbocycles. The van der Waals surface area contributed by atoms with Gasteiger partial charge >= 0.3 is 0 Å². The van der Waals surface area contributed by atoms with Crippen molar-refractivity contribution in [2.24, 2.45) is 0 Å². The van der Waals surface area contributed by atoms with Crippen molar-refractivity contribution in [1.82, 2.24) is 9.62 Å². The number of benzene rings is 1. The van der Waals surface area contributed by atoms with E-state index in [1.807, 2.05) is 0 Å². The van der Waals surface area contributed by atoms with E-state index in [1.54, 1.807) is 0 Å². The van der Waals surface area contributed by atoms with Crippen LogP contribution in [0.15, 0.2) is 29.2 Å². The lowest BCUT2D eigenvalue weighted by atomic mass is 10.3. The summed E-state index contributed by atoms with van der Waals surface area (Å²) in [4.78, 5) is 12.0. The summed E-state index contributed by atoms with van der Waals surface area (Å²) in [6, 6.07) is 5.86. The molecule has 0 saturated heterocycles. The molecule has 1 aliphatic carbocycles. The number of halogens is 1. The smallest absolute Gasteiger partial charge is 0.243 e. The van der Waals surface area contributed by atoms with E-state index in [2.05, 4.69) is 5.32 Å². The molecule has 0 unspecified atom stereocenters. The van der Waals surface area contributed by atoms with Crippen LogP contribution in [-0.2, 0) is 19.6 Å². The molecule has 1 aromatic rings. The molecular formula is C17H25ClN2O4S. The van der Waals surface area contributed by atoms with E-state index in [4.69, 9.17) is 16.3 Å². The van der Waals surface area contributed by atoms with Crippen LogP contribution in [0, 0.1) is 0 Å². The van der Waals surface area contributed by atoms with Crippen LogP contribution in [-0.4, -0.2) is 51.5 Å². The number of sulfonamides is 1. The van der Waals surface area contributed by atoms with Crippen LogP contribution in [0.3, 0.4) is 0 Å². The minimum Gasteiger partial charge on any atom is -0.378 e. The van der Waals surface area contributed by atoms with Gasteiger partial charge in [0.2, 0.25) is 15.9 Å². The Hall–Kier alpha value is -1.15. The van der Waals surface area contributed by atoms with Crippen LogP contribution in [0.1, 0.15) is 32.1 Å². The maximum absolute atomic E-state index is 12.4. The summed E-state index contributed by atoms with van der Waals surface area (Å²) in [5.74, 6) is -0.332. The number of likely N-dealkylation sites (N-methyl/N-ethyl adjacent to an activating group) is 1. The lowest BCUT2D eigenvalue weighted by Gasteiger charge is -2.17. The van der Waals surface area contributed by atoms with Gasteiger partial charge in [0.15, 0.2) is 0 Å². The van der Waals surface area contributed by atoms with Crippen LogP contribution in [0.5, 0.6) is 0 Å². The van der Waals surface area contributed by atoms with Gasteiger partial charge in [-0.2, -0.15) is 4.31 Å². The second kappa shape index (κ2) is 9.52. The molecule has 0 radical (unpaired) electrons. The molecule has 2 rings (SSSR count). The number of carbonyl (C=O) groups excluding carboxylic acids is 1. The van der Waals surface area contributed by atoms with Crippen molar-refractivity contribution in [3.05, 3.63) is 29.3 Å². The Morgan fingerprint density at radius 2 is 1.92 bits per heavy atom. The maximum atomic E-state index is 12.4. The first-order valence-corrected chi connectivity index (χ1v) is 10.3. The predicted octanol–water partition coefficient (Wildman–Crippen LogP) is 2.43. The van der Waals surface area contributed by atoms with E-state index in [1.165, 1.54) is 44.2 Å². The molecule has 0 aromatic heterocycles. The third-order valence-corrected chi connectivity index (χ3v) is 6.26. The highest BCUT2D eigenvalue weighted by Crippen LogP contribution is 2.20. The summed E-state index contributed by atoms with van der Waals surface area (Å²) in [6.07, 6.45) is 5.80. The third kappa shape index (κ3) is 6.26. The second-order valence-corrected chi connectivity index (χ2v) is 8.68. The molecule has 0 atom stereocenters. The monoisotopic (exact) mass is 388 g/mol. The van der Waals surface area contributed by atoms with E-state index in [0.29, 0.717) is 24.3 Å². The minimum atomic E-state index is -3.71. The molecular weight excluding hydrogens is 364 g/mol. The molecule has 1 fully saturated rings. The number of nitrogens with one attached hydrogen (secondary N) is 1. The predicted molar refractivity (Wildman–Crippen MR) is 97.1 cm³/mol. The van der Waals surface area contributed by atoms with E-state index in [9.17, 15) is 13.2 Å². The SMILES string of the molecule is CN(CC(=O)NCCCOC1CCCC1)S(=O)(=O)c1ccc(Cl)cc1. The molecule has 0 spiro atoms. The van der Waals surface area contributed by atoms with Gasteiger partial charge in [0.25, 0.3) is 0 Å². The van der Waals surface area contributed by atoms with Gasteiger partial charge in [-0.1, -0.05) is 24.4 Å². The molecule has 140 valence electrons. The van der Waals surface area contributed by atoms with Gasteiger partial charge in [0.1, 0.15) is 0 Å². The highest BCUT2D eigenvalue weighted by atomic mass is 35.5. The van der Waals surface area contributed by atoms with Gasteiger partial charge in [-0.3, -0.25) is 4.79 Å². The highest BCUT2D eigenvalue weighted by molar-refractivity contribution is 7.89. The lowest BCUT2D eigenvalue weighted by Crippen LogP contribution is -2.38. The first kappa shape index (κ1) is 20.2. The van der Waals surface area contributed by atoms with Crippen LogP contribution in [0.4, 0.5) is 0 Å². The number of amides is 1. The fourth-order valence-corrected chi connectivity index (χ4v) is 3.99. The number of carbonyl (C=O) groups is 1. The Bertz CT molecular complexity index is 658. The Morgan fingerprint density at radius 3 is 2.56 bits per heavy atom. The zero-order chi connectivity index (χ0) is 18.3. The average molecular weight is 389 g/mol. The maximum Gasteiger partial charge on any atom is 0.243 e. The summed E-state index contributed by atoms with van der Waals surface area (Å²) in [5.41, 5.74) is 0.